The van der Waals surface area contributed by atoms with Gasteiger partial charge in [-0.3, -0.25) is 0 Å². The molecular formula is C11H28N2O. The van der Waals surface area contributed by atoms with E-state index >= 15 is 0 Å². The van der Waals surface area contributed by atoms with Gasteiger partial charge in [-0.2, -0.15) is 0 Å². The molecule has 0 aromatic heterocycles. The minimum atomic E-state index is 0.502. The summed E-state index contributed by atoms with van der Waals surface area (Å²) in [5, 5.41) is 3.26. The molecule has 0 fully saturated rings. The summed E-state index contributed by atoms with van der Waals surface area (Å²) in [5.41, 5.74) is 5.00. The van der Waals surface area contributed by atoms with E-state index in [0.29, 0.717) is 11.5 Å². The van der Waals surface area contributed by atoms with Crippen LogP contribution in [0.2, 0.25) is 0 Å². The molecule has 3 nitrogen and oxygen atoms in total. The van der Waals surface area contributed by atoms with Gasteiger partial charge < -0.3 is 15.8 Å². The lowest BCUT2D eigenvalue weighted by atomic mass is 9.84. The zero-order chi connectivity index (χ0) is 12.2. The fourth-order valence-corrected chi connectivity index (χ4v) is 1.08. The van der Waals surface area contributed by atoms with E-state index < -0.39 is 0 Å². The lowest BCUT2D eigenvalue weighted by molar-refractivity contribution is -0.0979. The number of carbonyl (C=O) groups is 1. The lowest BCUT2D eigenvalue weighted by Gasteiger charge is -2.26. The number of nitrogens with one attached hydrogen (secondary N) is 1. The minimum Gasteiger partial charge on any atom is -0.333 e. The number of hydrogen-bond donors (Lipinski definition) is 2. The maximum absolute atomic E-state index is 8.00. The van der Waals surface area contributed by atoms with Gasteiger partial charge in [-0.05, 0) is 32.9 Å². The second-order valence-corrected chi connectivity index (χ2v) is 3.91. The predicted octanol–water partition coefficient (Wildman–Crippen LogP) is 1.81. The molecule has 88 valence electrons. The summed E-state index contributed by atoms with van der Waals surface area (Å²) in [7, 11) is 3.52. The highest BCUT2D eigenvalue weighted by Gasteiger charge is 2.17. The first-order valence-corrected chi connectivity index (χ1v) is 5.05. The second kappa shape index (κ2) is 12.6. The molecule has 0 amide bonds. The Balaban J connectivity index is -0.000000266. The van der Waals surface area contributed by atoms with Crippen LogP contribution in [0.5, 0.6) is 0 Å². The third-order valence-electron chi connectivity index (χ3n) is 2.31. The summed E-state index contributed by atoms with van der Waals surface area (Å²) >= 11 is 0. The normalized spacial score (nSPS) is 11.6. The van der Waals surface area contributed by atoms with E-state index in [0.717, 1.165) is 0 Å². The number of carbonyl (C=O) groups excluding carboxylic acids is 1. The molecule has 0 heterocycles. The van der Waals surface area contributed by atoms with Crippen LogP contribution in [-0.4, -0.2) is 26.9 Å². The highest BCUT2D eigenvalue weighted by molar-refractivity contribution is 5.10. The van der Waals surface area contributed by atoms with Crippen molar-refractivity contribution < 1.29 is 4.79 Å². The van der Waals surface area contributed by atoms with Gasteiger partial charge in [0.05, 0.1) is 0 Å². The topological polar surface area (TPSA) is 55.1 Å². The van der Waals surface area contributed by atoms with Crippen LogP contribution in [0.3, 0.4) is 0 Å². The van der Waals surface area contributed by atoms with Crippen molar-refractivity contribution in [1.29, 1.82) is 0 Å². The quantitative estimate of drug-likeness (QED) is 0.734. The smallest absolute Gasteiger partial charge is 0.106 e. The van der Waals surface area contributed by atoms with E-state index in [1.165, 1.54) is 19.9 Å². The Labute approximate surface area is 89.5 Å². The maximum atomic E-state index is 8.00. The van der Waals surface area contributed by atoms with E-state index in [-0.39, 0.29) is 0 Å². The largest absolute Gasteiger partial charge is 0.333 e. The summed E-state index contributed by atoms with van der Waals surface area (Å²) in [5.74, 6) is 0. The zero-order valence-electron chi connectivity index (χ0n) is 10.7. The third kappa shape index (κ3) is 14.1. The molecule has 14 heavy (non-hydrogen) atoms. The highest BCUT2D eigenvalue weighted by atomic mass is 16.1. The van der Waals surface area contributed by atoms with Crippen LogP contribution in [0.1, 0.15) is 40.5 Å². The average molecular weight is 204 g/mol. The van der Waals surface area contributed by atoms with Crippen LogP contribution in [-0.2, 0) is 4.79 Å². The van der Waals surface area contributed by atoms with Crippen molar-refractivity contribution in [2.75, 3.05) is 14.1 Å². The van der Waals surface area contributed by atoms with Crippen LogP contribution < -0.4 is 11.1 Å². The Bertz CT molecular complexity index is 105. The van der Waals surface area contributed by atoms with Gasteiger partial charge >= 0.3 is 0 Å². The van der Waals surface area contributed by atoms with Crippen molar-refractivity contribution in [3.05, 3.63) is 0 Å². The molecule has 0 aliphatic carbocycles. The van der Waals surface area contributed by atoms with Gasteiger partial charge in [-0.1, -0.05) is 27.2 Å². The summed E-state index contributed by atoms with van der Waals surface area (Å²) < 4.78 is 0. The van der Waals surface area contributed by atoms with Gasteiger partial charge in [0.25, 0.3) is 0 Å². The number of hydrogen-bond acceptors (Lipinski definition) is 3. The van der Waals surface area contributed by atoms with Gasteiger partial charge in [0.1, 0.15) is 6.79 Å². The van der Waals surface area contributed by atoms with Gasteiger partial charge in [-0.15, -0.1) is 0 Å². The lowest BCUT2D eigenvalue weighted by Crippen LogP contribution is -2.27. The maximum Gasteiger partial charge on any atom is 0.106 e. The van der Waals surface area contributed by atoms with Crippen molar-refractivity contribution >= 4 is 6.79 Å². The molecule has 0 bridgehead atoms. The van der Waals surface area contributed by atoms with E-state index in [9.17, 15) is 0 Å². The first-order chi connectivity index (χ1) is 6.52. The van der Waals surface area contributed by atoms with Crippen molar-refractivity contribution in [3.63, 3.8) is 0 Å². The van der Waals surface area contributed by atoms with Gasteiger partial charge in [0.2, 0.25) is 0 Å². The van der Waals surface area contributed by atoms with Crippen LogP contribution in [0.25, 0.3) is 0 Å². The molecule has 0 aliphatic heterocycles. The summed E-state index contributed by atoms with van der Waals surface area (Å²) in [6.45, 7) is 11.1. The zero-order valence-corrected chi connectivity index (χ0v) is 10.7. The minimum absolute atomic E-state index is 0.502. The van der Waals surface area contributed by atoms with Gasteiger partial charge in [0, 0.05) is 6.04 Å². The first-order valence-electron chi connectivity index (χ1n) is 5.05. The molecule has 0 spiro atoms. The van der Waals surface area contributed by atoms with Crippen molar-refractivity contribution in [2.24, 2.45) is 11.1 Å². The standard InChI is InChI=1S/C9H21N.CH5N.CH2O/c1-6-9(3,4)7-8(2)10-5;2*1-2/h8,10H,6-7H2,1-5H3;2H2,1H3;1H2. The van der Waals surface area contributed by atoms with Crippen molar-refractivity contribution in [3.8, 4) is 0 Å². The van der Waals surface area contributed by atoms with Crippen molar-refractivity contribution in [1.82, 2.24) is 5.32 Å². The Morgan fingerprint density at radius 2 is 1.71 bits per heavy atom. The Kier molecular flexibility index (Phi) is 17.3. The fourth-order valence-electron chi connectivity index (χ4n) is 1.08. The van der Waals surface area contributed by atoms with Crippen LogP contribution in [0.15, 0.2) is 0 Å². The molecule has 0 aromatic rings. The average Bonchev–Trinajstić information content (AvgIpc) is 2.23. The van der Waals surface area contributed by atoms with Crippen LogP contribution in [0, 0.1) is 5.41 Å². The van der Waals surface area contributed by atoms with E-state index in [1.54, 1.807) is 0 Å². The monoisotopic (exact) mass is 204 g/mol. The Morgan fingerprint density at radius 1 is 1.36 bits per heavy atom. The summed E-state index contributed by atoms with van der Waals surface area (Å²) in [6, 6.07) is 0.648. The first kappa shape index (κ1) is 19.2. The molecule has 1 unspecified atom stereocenters. The van der Waals surface area contributed by atoms with E-state index in [4.69, 9.17) is 4.79 Å². The summed E-state index contributed by atoms with van der Waals surface area (Å²) in [6.07, 6.45) is 2.53. The molecule has 0 aliphatic rings. The number of nitrogens with two attached hydrogens (primary N) is 1. The molecular weight excluding hydrogens is 176 g/mol. The Hall–Kier alpha value is -0.410. The fraction of sp³-hybridized carbons (Fsp3) is 0.909. The molecule has 1 atom stereocenters. The molecule has 0 aromatic carbocycles. The molecule has 3 heteroatoms. The second-order valence-electron chi connectivity index (χ2n) is 3.91. The summed E-state index contributed by atoms with van der Waals surface area (Å²) in [4.78, 5) is 8.00. The molecule has 0 rings (SSSR count). The molecule has 0 saturated carbocycles. The molecule has 3 N–H and O–H groups in total. The van der Waals surface area contributed by atoms with Gasteiger partial charge in [0.15, 0.2) is 0 Å². The molecule has 0 radical (unpaired) electrons. The van der Waals surface area contributed by atoms with Gasteiger partial charge in [-0.25, -0.2) is 0 Å². The van der Waals surface area contributed by atoms with Crippen LogP contribution in [0.4, 0.5) is 0 Å². The van der Waals surface area contributed by atoms with E-state index in [1.807, 2.05) is 13.8 Å². The predicted molar refractivity (Wildman–Crippen MR) is 64.4 cm³/mol. The SMILES string of the molecule is C=O.CCC(C)(C)CC(C)NC.CN. The van der Waals surface area contributed by atoms with Crippen LogP contribution >= 0.6 is 0 Å². The Morgan fingerprint density at radius 3 is 1.93 bits per heavy atom. The third-order valence-corrected chi connectivity index (χ3v) is 2.31. The molecule has 0 saturated heterocycles. The van der Waals surface area contributed by atoms with Crippen molar-refractivity contribution in [2.45, 2.75) is 46.6 Å². The van der Waals surface area contributed by atoms with E-state index in [2.05, 4.69) is 38.7 Å². The number of rotatable bonds is 4. The highest BCUT2D eigenvalue weighted by Crippen LogP contribution is 2.25.